The van der Waals surface area contributed by atoms with Gasteiger partial charge in [-0.1, -0.05) is 35.4 Å². The Kier molecular flexibility index (Phi) is 3.82. The first-order valence-electron chi connectivity index (χ1n) is 8.00. The third-order valence-electron chi connectivity index (χ3n) is 4.34. The second-order valence-electron chi connectivity index (χ2n) is 6.00. The van der Waals surface area contributed by atoms with Crippen molar-refractivity contribution in [3.8, 4) is 0 Å². The maximum Gasteiger partial charge on any atom is 0.337 e. The van der Waals surface area contributed by atoms with Gasteiger partial charge in [0, 0.05) is 0 Å². The Morgan fingerprint density at radius 2 is 1.76 bits per heavy atom. The normalized spacial score (nSPS) is 15.8. The molecule has 25 heavy (non-hydrogen) atoms. The van der Waals surface area contributed by atoms with E-state index in [1.807, 2.05) is 18.2 Å². The minimum atomic E-state index is -0.651. The van der Waals surface area contributed by atoms with Crippen LogP contribution in [-0.2, 0) is 33.8 Å². The van der Waals surface area contributed by atoms with Gasteiger partial charge in [0.2, 0.25) is 0 Å². The van der Waals surface area contributed by atoms with Crippen molar-refractivity contribution in [1.29, 1.82) is 0 Å². The van der Waals surface area contributed by atoms with E-state index in [-0.39, 0.29) is 17.5 Å². The van der Waals surface area contributed by atoms with Gasteiger partial charge in [-0.05, 0) is 35.2 Å². The van der Waals surface area contributed by atoms with Crippen LogP contribution in [0, 0.1) is 0 Å². The molecule has 0 radical (unpaired) electrons. The van der Waals surface area contributed by atoms with Gasteiger partial charge in [0.25, 0.3) is 11.8 Å². The van der Waals surface area contributed by atoms with Crippen LogP contribution in [0.4, 0.5) is 0 Å². The van der Waals surface area contributed by atoms with Crippen molar-refractivity contribution >= 4 is 17.8 Å². The van der Waals surface area contributed by atoms with E-state index in [4.69, 9.17) is 9.57 Å². The summed E-state index contributed by atoms with van der Waals surface area (Å²) in [6, 6.07) is 12.1. The standard InChI is InChI=1S/C19H15NO5/c21-17(10-12-5-6-14-11-24-8-7-13(14)9-12)25-20-18(22)15-3-1-2-4-16(15)19(20)23/h1-6,9H,7-8,10-11H2. The highest BCUT2D eigenvalue weighted by Crippen LogP contribution is 2.23. The number of nitrogens with zero attached hydrogens (tertiary/aromatic N) is 1. The molecule has 126 valence electrons. The summed E-state index contributed by atoms with van der Waals surface area (Å²) in [5, 5.41) is 0.541. The fraction of sp³-hybridized carbons (Fsp3) is 0.211. The zero-order chi connectivity index (χ0) is 17.4. The number of imide groups is 1. The topological polar surface area (TPSA) is 72.9 Å². The monoisotopic (exact) mass is 337 g/mol. The van der Waals surface area contributed by atoms with Crippen LogP contribution in [0.5, 0.6) is 0 Å². The summed E-state index contributed by atoms with van der Waals surface area (Å²) >= 11 is 0. The molecule has 0 bridgehead atoms. The minimum Gasteiger partial charge on any atom is -0.376 e. The molecule has 6 nitrogen and oxygen atoms in total. The van der Waals surface area contributed by atoms with Gasteiger partial charge in [-0.25, -0.2) is 4.79 Å². The lowest BCUT2D eigenvalue weighted by Gasteiger charge is -2.17. The molecule has 6 heteroatoms. The second kappa shape index (κ2) is 6.14. The Morgan fingerprint density at radius 3 is 2.48 bits per heavy atom. The van der Waals surface area contributed by atoms with Gasteiger partial charge in [0.15, 0.2) is 0 Å². The number of hydrogen-bond donors (Lipinski definition) is 0. The van der Waals surface area contributed by atoms with Crippen molar-refractivity contribution in [2.45, 2.75) is 19.4 Å². The highest BCUT2D eigenvalue weighted by Gasteiger charge is 2.38. The molecule has 0 saturated carbocycles. The molecule has 2 heterocycles. The average Bonchev–Trinajstić information content (AvgIpc) is 2.87. The van der Waals surface area contributed by atoms with Crippen LogP contribution < -0.4 is 0 Å². The first-order chi connectivity index (χ1) is 12.1. The maximum absolute atomic E-state index is 12.2. The molecule has 2 aromatic carbocycles. The molecule has 4 rings (SSSR count). The fourth-order valence-electron chi connectivity index (χ4n) is 3.08. The van der Waals surface area contributed by atoms with Crippen LogP contribution >= 0.6 is 0 Å². The average molecular weight is 337 g/mol. The van der Waals surface area contributed by atoms with Crippen LogP contribution in [0.15, 0.2) is 42.5 Å². The summed E-state index contributed by atoms with van der Waals surface area (Å²) in [7, 11) is 0. The van der Waals surface area contributed by atoms with E-state index in [0.29, 0.717) is 18.3 Å². The smallest absolute Gasteiger partial charge is 0.337 e. The van der Waals surface area contributed by atoms with Gasteiger partial charge >= 0.3 is 5.97 Å². The van der Waals surface area contributed by atoms with Crippen molar-refractivity contribution in [2.75, 3.05) is 6.61 Å². The third-order valence-corrected chi connectivity index (χ3v) is 4.34. The minimum absolute atomic E-state index is 0.0124. The molecule has 0 aromatic heterocycles. The van der Waals surface area contributed by atoms with Gasteiger partial charge in [0.1, 0.15) is 0 Å². The van der Waals surface area contributed by atoms with Crippen LogP contribution in [0.2, 0.25) is 0 Å². The second-order valence-corrected chi connectivity index (χ2v) is 6.00. The molecule has 0 unspecified atom stereocenters. The summed E-state index contributed by atoms with van der Waals surface area (Å²) in [5.41, 5.74) is 3.53. The molecule has 2 amide bonds. The lowest BCUT2D eigenvalue weighted by molar-refractivity contribution is -0.167. The van der Waals surface area contributed by atoms with E-state index in [1.165, 1.54) is 12.1 Å². The van der Waals surface area contributed by atoms with Crippen molar-refractivity contribution in [1.82, 2.24) is 5.06 Å². The van der Waals surface area contributed by atoms with Gasteiger partial charge in [-0.2, -0.15) is 0 Å². The number of amides is 2. The fourth-order valence-corrected chi connectivity index (χ4v) is 3.08. The van der Waals surface area contributed by atoms with E-state index in [9.17, 15) is 14.4 Å². The number of benzene rings is 2. The van der Waals surface area contributed by atoms with Gasteiger partial charge in [0.05, 0.1) is 30.8 Å². The Bertz CT molecular complexity index is 854. The Labute approximate surface area is 143 Å². The summed E-state index contributed by atoms with van der Waals surface area (Å²) in [6.45, 7) is 1.24. The lowest BCUT2D eigenvalue weighted by atomic mass is 9.99. The number of ether oxygens (including phenoxy) is 1. The summed E-state index contributed by atoms with van der Waals surface area (Å²) in [6.07, 6.45) is 0.790. The van der Waals surface area contributed by atoms with E-state index in [0.717, 1.165) is 23.1 Å². The Balaban J connectivity index is 1.46. The quantitative estimate of drug-likeness (QED) is 0.802. The van der Waals surface area contributed by atoms with Crippen molar-refractivity contribution in [2.24, 2.45) is 0 Å². The molecule has 0 saturated heterocycles. The molecular formula is C19H15NO5. The molecule has 2 aliphatic rings. The highest BCUT2D eigenvalue weighted by molar-refractivity contribution is 6.20. The van der Waals surface area contributed by atoms with Crippen molar-refractivity contribution < 1.29 is 24.0 Å². The van der Waals surface area contributed by atoms with Crippen LogP contribution in [0.25, 0.3) is 0 Å². The molecular weight excluding hydrogens is 322 g/mol. The van der Waals surface area contributed by atoms with Crippen molar-refractivity contribution in [3.63, 3.8) is 0 Å². The summed E-state index contributed by atoms with van der Waals surface area (Å²) < 4.78 is 5.39. The molecule has 0 atom stereocenters. The molecule has 0 fully saturated rings. The first kappa shape index (κ1) is 15.5. The number of carbonyl (C=O) groups is 3. The van der Waals surface area contributed by atoms with Gasteiger partial charge in [-0.15, -0.1) is 0 Å². The van der Waals surface area contributed by atoms with E-state index in [1.54, 1.807) is 12.1 Å². The van der Waals surface area contributed by atoms with E-state index in [2.05, 4.69) is 0 Å². The highest BCUT2D eigenvalue weighted by atomic mass is 16.7. The molecule has 0 spiro atoms. The van der Waals surface area contributed by atoms with Crippen LogP contribution in [-0.4, -0.2) is 29.5 Å². The molecule has 0 aliphatic carbocycles. The summed E-state index contributed by atoms with van der Waals surface area (Å²) in [4.78, 5) is 41.6. The number of fused-ring (bicyclic) bond motifs is 2. The number of carbonyl (C=O) groups excluding carboxylic acids is 3. The number of rotatable bonds is 3. The Morgan fingerprint density at radius 1 is 1.04 bits per heavy atom. The van der Waals surface area contributed by atoms with E-state index >= 15 is 0 Å². The number of hydroxylamine groups is 2. The molecule has 2 aliphatic heterocycles. The molecule has 0 N–H and O–H groups in total. The van der Waals surface area contributed by atoms with Gasteiger partial charge in [-0.3, -0.25) is 9.59 Å². The SMILES string of the molecule is O=C(Cc1ccc2c(c1)CCOC2)ON1C(=O)c2ccccc2C1=O. The predicted octanol–water partition coefficient (Wildman–Crippen LogP) is 2.06. The van der Waals surface area contributed by atoms with Crippen molar-refractivity contribution in [3.05, 3.63) is 70.3 Å². The van der Waals surface area contributed by atoms with Crippen LogP contribution in [0.1, 0.15) is 37.4 Å². The first-order valence-corrected chi connectivity index (χ1v) is 8.00. The largest absolute Gasteiger partial charge is 0.376 e. The van der Waals surface area contributed by atoms with Gasteiger partial charge < -0.3 is 9.57 Å². The Hall–Kier alpha value is -2.99. The van der Waals surface area contributed by atoms with Crippen LogP contribution in [0.3, 0.4) is 0 Å². The zero-order valence-corrected chi connectivity index (χ0v) is 13.4. The third kappa shape index (κ3) is 2.81. The molecule has 2 aromatic rings. The lowest BCUT2D eigenvalue weighted by Crippen LogP contribution is -2.33. The zero-order valence-electron chi connectivity index (χ0n) is 13.4. The predicted molar refractivity (Wildman–Crippen MR) is 86.5 cm³/mol. The van der Waals surface area contributed by atoms with E-state index < -0.39 is 17.8 Å². The maximum atomic E-state index is 12.2. The summed E-state index contributed by atoms with van der Waals surface area (Å²) in [5.74, 6) is -1.88. The number of hydrogen-bond acceptors (Lipinski definition) is 5.